The summed E-state index contributed by atoms with van der Waals surface area (Å²) >= 11 is 5.53. The van der Waals surface area contributed by atoms with Crippen LogP contribution in [-0.4, -0.2) is 37.7 Å². The molecular formula is C22H22N4O2S. The molecule has 29 heavy (non-hydrogen) atoms. The summed E-state index contributed by atoms with van der Waals surface area (Å²) in [7, 11) is 1.99. The van der Waals surface area contributed by atoms with Gasteiger partial charge in [0.25, 0.3) is 0 Å². The monoisotopic (exact) mass is 406 g/mol. The number of aromatic carboxylic acids is 1. The Kier molecular flexibility index (Phi) is 4.84. The molecule has 4 rings (SSSR count). The van der Waals surface area contributed by atoms with Gasteiger partial charge >= 0.3 is 5.97 Å². The van der Waals surface area contributed by atoms with Gasteiger partial charge in [0.2, 0.25) is 0 Å². The minimum absolute atomic E-state index is 0.0139. The Morgan fingerprint density at radius 3 is 2.66 bits per heavy atom. The smallest absolute Gasteiger partial charge is 0.335 e. The van der Waals surface area contributed by atoms with Gasteiger partial charge in [0, 0.05) is 30.3 Å². The van der Waals surface area contributed by atoms with Crippen LogP contribution in [0.1, 0.15) is 45.1 Å². The minimum atomic E-state index is -0.935. The Morgan fingerprint density at radius 1 is 1.17 bits per heavy atom. The van der Waals surface area contributed by atoms with E-state index in [1.54, 1.807) is 24.4 Å². The number of hydrogen-bond acceptors (Lipinski definition) is 3. The van der Waals surface area contributed by atoms with Crippen LogP contribution in [0.5, 0.6) is 0 Å². The summed E-state index contributed by atoms with van der Waals surface area (Å²) in [5.74, 6) is -0.935. The predicted molar refractivity (Wildman–Crippen MR) is 115 cm³/mol. The van der Waals surface area contributed by atoms with E-state index in [9.17, 15) is 9.90 Å². The maximum atomic E-state index is 11.4. The van der Waals surface area contributed by atoms with E-state index in [4.69, 9.17) is 12.2 Å². The van der Waals surface area contributed by atoms with E-state index in [0.717, 1.165) is 28.3 Å². The molecule has 0 saturated carbocycles. The van der Waals surface area contributed by atoms with Crippen LogP contribution >= 0.6 is 12.2 Å². The second-order valence-corrected chi connectivity index (χ2v) is 7.64. The van der Waals surface area contributed by atoms with Crippen molar-refractivity contribution in [1.82, 2.24) is 19.8 Å². The van der Waals surface area contributed by atoms with Gasteiger partial charge in [-0.3, -0.25) is 4.98 Å². The summed E-state index contributed by atoms with van der Waals surface area (Å²) in [5, 5.41) is 13.4. The molecular weight excluding hydrogens is 384 g/mol. The van der Waals surface area contributed by atoms with E-state index in [1.165, 1.54) is 0 Å². The second-order valence-electron chi connectivity index (χ2n) is 7.25. The number of nitrogens with zero attached hydrogens (tertiary/aromatic N) is 3. The Balaban J connectivity index is 1.81. The van der Waals surface area contributed by atoms with Gasteiger partial charge in [-0.15, -0.1) is 0 Å². The number of thiocarbonyl (C=S) groups is 1. The van der Waals surface area contributed by atoms with E-state index in [-0.39, 0.29) is 17.6 Å². The summed E-state index contributed by atoms with van der Waals surface area (Å²) < 4.78 is 2.09. The number of aromatic nitrogens is 2. The van der Waals surface area contributed by atoms with Crippen LogP contribution in [0.4, 0.5) is 0 Å². The quantitative estimate of drug-likeness (QED) is 0.643. The van der Waals surface area contributed by atoms with Crippen LogP contribution in [0.3, 0.4) is 0 Å². The van der Waals surface area contributed by atoms with Crippen molar-refractivity contribution in [3.8, 4) is 5.69 Å². The fourth-order valence-electron chi connectivity index (χ4n) is 4.11. The molecule has 2 N–H and O–H groups in total. The molecule has 0 aliphatic carbocycles. The molecule has 1 aromatic carbocycles. The molecule has 6 nitrogen and oxygen atoms in total. The first-order valence-electron chi connectivity index (χ1n) is 9.35. The number of rotatable bonds is 4. The van der Waals surface area contributed by atoms with Crippen molar-refractivity contribution < 1.29 is 9.90 Å². The topological polar surface area (TPSA) is 70.4 Å². The lowest BCUT2D eigenvalue weighted by molar-refractivity contribution is 0.0697. The predicted octanol–water partition coefficient (Wildman–Crippen LogP) is 3.79. The lowest BCUT2D eigenvalue weighted by Crippen LogP contribution is -2.25. The molecule has 2 atom stereocenters. The molecule has 0 radical (unpaired) electrons. The average Bonchev–Trinajstić information content (AvgIpc) is 3.17. The number of carboxylic acids is 1. The van der Waals surface area contributed by atoms with Crippen LogP contribution in [0.15, 0.2) is 54.7 Å². The molecule has 1 aliphatic heterocycles. The molecule has 0 unspecified atom stereocenters. The van der Waals surface area contributed by atoms with Crippen molar-refractivity contribution >= 4 is 23.3 Å². The van der Waals surface area contributed by atoms with E-state index in [0.29, 0.717) is 5.11 Å². The maximum Gasteiger partial charge on any atom is 0.335 e. The van der Waals surface area contributed by atoms with Crippen LogP contribution < -0.4 is 5.32 Å². The molecule has 2 aromatic heterocycles. The number of benzene rings is 1. The van der Waals surface area contributed by atoms with Crippen LogP contribution in [0, 0.1) is 13.8 Å². The molecule has 148 valence electrons. The molecule has 1 fully saturated rings. The average molecular weight is 407 g/mol. The Bertz CT molecular complexity index is 1090. The third-order valence-corrected chi connectivity index (χ3v) is 5.88. The van der Waals surface area contributed by atoms with Crippen molar-refractivity contribution in [2.24, 2.45) is 0 Å². The lowest BCUT2D eigenvalue weighted by Gasteiger charge is -2.24. The Labute approximate surface area is 174 Å². The van der Waals surface area contributed by atoms with Crippen molar-refractivity contribution in [3.63, 3.8) is 0 Å². The molecule has 3 heterocycles. The SMILES string of the molecule is Cc1cc([C@H]2[C@@H](c3ccccn3)NC(=S)N2C)c(C)n1-c1cccc(C(=O)O)c1. The molecule has 1 saturated heterocycles. The van der Waals surface area contributed by atoms with E-state index in [2.05, 4.69) is 32.8 Å². The normalized spacial score (nSPS) is 18.7. The van der Waals surface area contributed by atoms with Crippen molar-refractivity contribution in [3.05, 3.63) is 82.9 Å². The van der Waals surface area contributed by atoms with E-state index in [1.807, 2.05) is 38.2 Å². The summed E-state index contributed by atoms with van der Waals surface area (Å²) in [5.41, 5.74) is 5.25. The standard InChI is InChI=1S/C22H22N4O2S/c1-13-11-17(14(2)26(13)16-8-6-7-15(12-16)21(27)28)20-19(24-22(29)25(20)3)18-9-4-5-10-23-18/h4-12,19-20H,1-3H3,(H,24,29)(H,27,28)/t19-,20+/m1/s1. The van der Waals surface area contributed by atoms with Crippen molar-refractivity contribution in [1.29, 1.82) is 0 Å². The number of nitrogens with one attached hydrogen (secondary N) is 1. The highest BCUT2D eigenvalue weighted by Crippen LogP contribution is 2.40. The zero-order chi connectivity index (χ0) is 20.7. The largest absolute Gasteiger partial charge is 0.478 e. The first-order valence-corrected chi connectivity index (χ1v) is 9.76. The third-order valence-electron chi connectivity index (χ3n) is 5.48. The molecule has 1 aliphatic rings. The zero-order valence-corrected chi connectivity index (χ0v) is 17.3. The Morgan fingerprint density at radius 2 is 1.97 bits per heavy atom. The number of aryl methyl sites for hydroxylation is 1. The maximum absolute atomic E-state index is 11.4. The first kappa shape index (κ1) is 19.1. The fourth-order valence-corrected chi connectivity index (χ4v) is 4.35. The Hall–Kier alpha value is -3.19. The van der Waals surface area contributed by atoms with Gasteiger partial charge in [-0.2, -0.15) is 0 Å². The number of carboxylic acid groups (broad SMARTS) is 1. The van der Waals surface area contributed by atoms with E-state index >= 15 is 0 Å². The van der Waals surface area contributed by atoms with Gasteiger partial charge in [-0.1, -0.05) is 12.1 Å². The van der Waals surface area contributed by atoms with Gasteiger partial charge in [0.15, 0.2) is 5.11 Å². The second kappa shape index (κ2) is 7.33. The summed E-state index contributed by atoms with van der Waals surface area (Å²) in [6, 6.07) is 14.9. The number of likely N-dealkylation sites (N-methyl/N-ethyl adjacent to an activating group) is 1. The molecule has 7 heteroatoms. The van der Waals surface area contributed by atoms with E-state index < -0.39 is 5.97 Å². The summed E-state index contributed by atoms with van der Waals surface area (Å²) in [4.78, 5) is 18.0. The van der Waals surface area contributed by atoms with Crippen LogP contribution in [0.25, 0.3) is 5.69 Å². The van der Waals surface area contributed by atoms with Gasteiger partial charge < -0.3 is 19.9 Å². The molecule has 3 aromatic rings. The van der Waals surface area contributed by atoms with Gasteiger partial charge in [-0.05, 0) is 68.0 Å². The highest BCUT2D eigenvalue weighted by molar-refractivity contribution is 7.80. The molecule has 0 bridgehead atoms. The zero-order valence-electron chi connectivity index (χ0n) is 16.5. The van der Waals surface area contributed by atoms with Gasteiger partial charge in [-0.25, -0.2) is 4.79 Å². The number of carbonyl (C=O) groups is 1. The highest BCUT2D eigenvalue weighted by atomic mass is 32.1. The van der Waals surface area contributed by atoms with Gasteiger partial charge in [0.05, 0.1) is 23.3 Å². The number of hydrogen-bond donors (Lipinski definition) is 2. The van der Waals surface area contributed by atoms with Crippen molar-refractivity contribution in [2.75, 3.05) is 7.05 Å². The summed E-state index contributed by atoms with van der Waals surface area (Å²) in [6.07, 6.45) is 1.79. The van der Waals surface area contributed by atoms with Crippen LogP contribution in [0.2, 0.25) is 0 Å². The fraction of sp³-hybridized carbons (Fsp3) is 0.227. The molecule has 0 amide bonds. The minimum Gasteiger partial charge on any atom is -0.478 e. The number of pyridine rings is 1. The van der Waals surface area contributed by atoms with Crippen LogP contribution in [-0.2, 0) is 0 Å². The summed E-state index contributed by atoms with van der Waals surface area (Å²) in [6.45, 7) is 4.08. The third kappa shape index (κ3) is 3.27. The lowest BCUT2D eigenvalue weighted by atomic mass is 9.97. The molecule has 0 spiro atoms. The highest BCUT2D eigenvalue weighted by Gasteiger charge is 2.39. The first-order chi connectivity index (χ1) is 13.9. The van der Waals surface area contributed by atoms with Crippen molar-refractivity contribution in [2.45, 2.75) is 25.9 Å². The van der Waals surface area contributed by atoms with Gasteiger partial charge in [0.1, 0.15) is 0 Å².